The first-order valence-electron chi connectivity index (χ1n) is 10.8. The molecule has 1 aliphatic rings. The molecule has 0 saturated carbocycles. The molecule has 0 radical (unpaired) electrons. The summed E-state index contributed by atoms with van der Waals surface area (Å²) >= 11 is 0. The summed E-state index contributed by atoms with van der Waals surface area (Å²) in [4.78, 5) is 28.6. The van der Waals surface area contributed by atoms with Crippen molar-refractivity contribution in [2.75, 3.05) is 10.2 Å². The summed E-state index contributed by atoms with van der Waals surface area (Å²) in [5, 5.41) is 3.28. The van der Waals surface area contributed by atoms with Gasteiger partial charge in [-0.25, -0.2) is 4.90 Å². The molecule has 0 atom stereocenters. The van der Waals surface area contributed by atoms with E-state index in [-0.39, 0.29) is 11.8 Å². The number of hydrogen-bond acceptors (Lipinski definition) is 3. The van der Waals surface area contributed by atoms with Gasteiger partial charge in [0.1, 0.15) is 5.70 Å². The lowest BCUT2D eigenvalue weighted by atomic mass is 9.99. The molecule has 0 saturated heterocycles. The highest BCUT2D eigenvalue weighted by Gasteiger charge is 2.40. The van der Waals surface area contributed by atoms with E-state index in [9.17, 15) is 9.59 Å². The number of carbonyl (C=O) groups excluding carboxylic acids is 2. The van der Waals surface area contributed by atoms with Crippen LogP contribution in [0.3, 0.4) is 0 Å². The van der Waals surface area contributed by atoms with Crippen LogP contribution in [0.2, 0.25) is 0 Å². The fourth-order valence-corrected chi connectivity index (χ4v) is 4.28. The van der Waals surface area contributed by atoms with Crippen LogP contribution >= 0.6 is 0 Å². The highest BCUT2D eigenvalue weighted by molar-refractivity contribution is 6.46. The Balaban J connectivity index is 1.88. The first-order chi connectivity index (χ1) is 15.2. The van der Waals surface area contributed by atoms with Crippen molar-refractivity contribution in [1.29, 1.82) is 0 Å². The van der Waals surface area contributed by atoms with Crippen LogP contribution in [0.1, 0.15) is 38.9 Å². The lowest BCUT2D eigenvalue weighted by Crippen LogP contribution is -2.33. The Bertz CT molecular complexity index is 1280. The molecule has 1 heterocycles. The highest BCUT2D eigenvalue weighted by atomic mass is 16.2. The largest absolute Gasteiger partial charge is 0.350 e. The zero-order chi connectivity index (χ0) is 23.2. The number of rotatable bonds is 4. The molecule has 162 valence electrons. The quantitative estimate of drug-likeness (QED) is 0.528. The zero-order valence-electron chi connectivity index (χ0n) is 19.5. The van der Waals surface area contributed by atoms with E-state index >= 15 is 0 Å². The minimum Gasteiger partial charge on any atom is -0.350 e. The number of amides is 2. The molecule has 2 amide bonds. The average Bonchev–Trinajstić information content (AvgIpc) is 2.94. The summed E-state index contributed by atoms with van der Waals surface area (Å²) in [7, 11) is 0. The molecule has 3 aromatic carbocycles. The molecule has 4 rings (SSSR count). The van der Waals surface area contributed by atoms with E-state index in [1.807, 2.05) is 90.1 Å². The number of aryl methyl sites for hydroxylation is 6. The second-order valence-electron chi connectivity index (χ2n) is 8.79. The van der Waals surface area contributed by atoms with Crippen molar-refractivity contribution < 1.29 is 9.59 Å². The van der Waals surface area contributed by atoms with E-state index in [0.717, 1.165) is 44.6 Å². The first kappa shape index (κ1) is 21.6. The van der Waals surface area contributed by atoms with Crippen molar-refractivity contribution in [3.05, 3.63) is 99.2 Å². The minimum atomic E-state index is -0.339. The zero-order valence-corrected chi connectivity index (χ0v) is 19.5. The van der Waals surface area contributed by atoms with E-state index in [4.69, 9.17) is 0 Å². The van der Waals surface area contributed by atoms with Gasteiger partial charge in [0, 0.05) is 5.69 Å². The van der Waals surface area contributed by atoms with Gasteiger partial charge >= 0.3 is 0 Å². The summed E-state index contributed by atoms with van der Waals surface area (Å²) in [6, 6.07) is 17.7. The third-order valence-electron chi connectivity index (χ3n) is 5.96. The number of imide groups is 1. The van der Waals surface area contributed by atoms with E-state index < -0.39 is 0 Å². The Morgan fingerprint density at radius 3 is 1.94 bits per heavy atom. The van der Waals surface area contributed by atoms with E-state index in [2.05, 4.69) is 11.4 Å². The van der Waals surface area contributed by atoms with Crippen LogP contribution < -0.4 is 10.2 Å². The topological polar surface area (TPSA) is 49.4 Å². The lowest BCUT2D eigenvalue weighted by molar-refractivity contribution is -0.120. The molecule has 3 aromatic rings. The van der Waals surface area contributed by atoms with Crippen molar-refractivity contribution in [3.63, 3.8) is 0 Å². The Kier molecular flexibility index (Phi) is 5.47. The molecule has 0 fully saturated rings. The van der Waals surface area contributed by atoms with Gasteiger partial charge in [-0.3, -0.25) is 9.59 Å². The smallest absolute Gasteiger partial charge is 0.282 e. The van der Waals surface area contributed by atoms with Gasteiger partial charge in [-0.1, -0.05) is 42.0 Å². The SMILES string of the molecule is Cc1cc(C)cc(NC2=C(c3ccc(C)c(C)c3)C(=O)N(c3ccc(C)cc3C)C2=O)c1. The Morgan fingerprint density at radius 2 is 1.31 bits per heavy atom. The van der Waals surface area contributed by atoms with E-state index in [0.29, 0.717) is 17.0 Å². The monoisotopic (exact) mass is 424 g/mol. The maximum atomic E-state index is 13.7. The van der Waals surface area contributed by atoms with Crippen LogP contribution in [-0.4, -0.2) is 11.8 Å². The van der Waals surface area contributed by atoms with Crippen LogP contribution in [-0.2, 0) is 9.59 Å². The normalized spacial score (nSPS) is 13.9. The van der Waals surface area contributed by atoms with Crippen molar-refractivity contribution >= 4 is 28.8 Å². The van der Waals surface area contributed by atoms with Crippen LogP contribution in [0.5, 0.6) is 0 Å². The van der Waals surface area contributed by atoms with Crippen LogP contribution in [0.25, 0.3) is 5.57 Å². The predicted octanol–water partition coefficient (Wildman–Crippen LogP) is 5.93. The molecular formula is C28H28N2O2. The predicted molar refractivity (Wildman–Crippen MR) is 131 cm³/mol. The Labute approximate surface area is 189 Å². The van der Waals surface area contributed by atoms with Crippen molar-refractivity contribution in [2.24, 2.45) is 0 Å². The van der Waals surface area contributed by atoms with Crippen molar-refractivity contribution in [1.82, 2.24) is 0 Å². The van der Waals surface area contributed by atoms with Crippen molar-refractivity contribution in [3.8, 4) is 0 Å². The number of anilines is 2. The van der Waals surface area contributed by atoms with Gasteiger partial charge in [-0.05, 0) is 93.1 Å². The van der Waals surface area contributed by atoms with Gasteiger partial charge in [-0.15, -0.1) is 0 Å². The molecule has 0 spiro atoms. The Morgan fingerprint density at radius 1 is 0.625 bits per heavy atom. The molecule has 32 heavy (non-hydrogen) atoms. The fourth-order valence-electron chi connectivity index (χ4n) is 4.28. The second kappa shape index (κ2) is 8.12. The first-order valence-corrected chi connectivity index (χ1v) is 10.8. The van der Waals surface area contributed by atoms with Gasteiger partial charge in [0.25, 0.3) is 11.8 Å². The van der Waals surface area contributed by atoms with Crippen LogP contribution in [0, 0.1) is 41.5 Å². The maximum absolute atomic E-state index is 13.7. The Hall–Kier alpha value is -3.66. The standard InChI is InChI=1S/C28H28N2O2/c1-16-7-10-24(21(6)12-16)30-27(31)25(22-9-8-19(4)20(5)15-22)26(28(30)32)29-23-13-17(2)11-18(3)14-23/h7-15,29H,1-6H3. The number of nitrogens with zero attached hydrogens (tertiary/aromatic N) is 1. The molecule has 1 N–H and O–H groups in total. The fraction of sp³-hybridized carbons (Fsp3) is 0.214. The van der Waals surface area contributed by atoms with Gasteiger partial charge < -0.3 is 5.32 Å². The number of benzene rings is 3. The molecule has 1 aliphatic heterocycles. The number of hydrogen-bond donors (Lipinski definition) is 1. The molecule has 0 aromatic heterocycles. The number of nitrogens with one attached hydrogen (secondary N) is 1. The highest BCUT2D eigenvalue weighted by Crippen LogP contribution is 2.36. The summed E-state index contributed by atoms with van der Waals surface area (Å²) in [6.45, 7) is 12.0. The third kappa shape index (κ3) is 3.84. The summed E-state index contributed by atoms with van der Waals surface area (Å²) < 4.78 is 0. The van der Waals surface area contributed by atoms with Gasteiger partial charge in [0.2, 0.25) is 0 Å². The van der Waals surface area contributed by atoms with Gasteiger partial charge in [-0.2, -0.15) is 0 Å². The summed E-state index contributed by atoms with van der Waals surface area (Å²) in [6.07, 6.45) is 0. The van der Waals surface area contributed by atoms with Gasteiger partial charge in [0.05, 0.1) is 11.3 Å². The average molecular weight is 425 g/mol. The molecule has 0 aliphatic carbocycles. The number of carbonyl (C=O) groups is 2. The van der Waals surface area contributed by atoms with Gasteiger partial charge in [0.15, 0.2) is 0 Å². The van der Waals surface area contributed by atoms with E-state index in [1.54, 1.807) is 0 Å². The molecular weight excluding hydrogens is 396 g/mol. The second-order valence-corrected chi connectivity index (χ2v) is 8.79. The lowest BCUT2D eigenvalue weighted by Gasteiger charge is -2.18. The molecule has 0 bridgehead atoms. The molecule has 4 nitrogen and oxygen atoms in total. The van der Waals surface area contributed by atoms with Crippen molar-refractivity contribution in [2.45, 2.75) is 41.5 Å². The molecule has 0 unspecified atom stereocenters. The summed E-state index contributed by atoms with van der Waals surface area (Å²) in [5.41, 5.74) is 9.22. The van der Waals surface area contributed by atoms with E-state index in [1.165, 1.54) is 4.90 Å². The van der Waals surface area contributed by atoms with Crippen LogP contribution in [0.15, 0.2) is 60.3 Å². The van der Waals surface area contributed by atoms with Crippen LogP contribution in [0.4, 0.5) is 11.4 Å². The maximum Gasteiger partial charge on any atom is 0.282 e. The minimum absolute atomic E-state index is 0.308. The summed E-state index contributed by atoms with van der Waals surface area (Å²) in [5.74, 6) is -0.647. The molecule has 4 heteroatoms. The third-order valence-corrected chi connectivity index (χ3v) is 5.96.